The van der Waals surface area contributed by atoms with E-state index in [9.17, 15) is 4.79 Å². The molecule has 1 N–H and O–H groups in total. The first-order valence-electron chi connectivity index (χ1n) is 5.49. The molecular formula is C13H14Cl2N2O2. The smallest absolute Gasteiger partial charge is 0.271 e. The lowest BCUT2D eigenvalue weighted by atomic mass is 10.2. The highest BCUT2D eigenvalue weighted by Crippen LogP contribution is 2.34. The largest absolute Gasteiger partial charge is 0.486 e. The Balaban J connectivity index is 2.96. The molecule has 0 aliphatic rings. The lowest BCUT2D eigenvalue weighted by Crippen LogP contribution is -2.18. The van der Waals surface area contributed by atoms with Gasteiger partial charge in [-0.1, -0.05) is 35.9 Å². The third kappa shape index (κ3) is 4.58. The fraction of sp³-hybridized carbons (Fsp3) is 0.231. The van der Waals surface area contributed by atoms with E-state index in [1.54, 1.807) is 19.9 Å². The Kier molecular flexibility index (Phi) is 5.86. The molecule has 0 saturated heterocycles. The van der Waals surface area contributed by atoms with Crippen LogP contribution >= 0.6 is 23.2 Å². The molecule has 0 unspecified atom stereocenters. The van der Waals surface area contributed by atoms with Gasteiger partial charge in [0.2, 0.25) is 0 Å². The van der Waals surface area contributed by atoms with Gasteiger partial charge in [-0.2, -0.15) is 5.10 Å². The Morgan fingerprint density at radius 3 is 2.47 bits per heavy atom. The molecule has 0 saturated carbocycles. The first-order valence-corrected chi connectivity index (χ1v) is 6.25. The summed E-state index contributed by atoms with van der Waals surface area (Å²) >= 11 is 12.0. The highest BCUT2D eigenvalue weighted by atomic mass is 35.5. The highest BCUT2D eigenvalue weighted by Gasteiger charge is 2.13. The van der Waals surface area contributed by atoms with Gasteiger partial charge < -0.3 is 4.74 Å². The summed E-state index contributed by atoms with van der Waals surface area (Å²) in [7, 11) is 0. The summed E-state index contributed by atoms with van der Waals surface area (Å²) in [6.45, 7) is 7.35. The van der Waals surface area contributed by atoms with Crippen LogP contribution in [0.4, 0.5) is 0 Å². The summed E-state index contributed by atoms with van der Waals surface area (Å²) in [5.74, 6) is -0.0600. The summed E-state index contributed by atoms with van der Waals surface area (Å²) in [5.41, 5.74) is 3.43. The Bertz CT molecular complexity index is 500. The topological polar surface area (TPSA) is 50.7 Å². The minimum atomic E-state index is -0.389. The quantitative estimate of drug-likeness (QED) is 0.512. The van der Waals surface area contributed by atoms with E-state index >= 15 is 0 Å². The zero-order valence-corrected chi connectivity index (χ0v) is 12.2. The fourth-order valence-electron chi connectivity index (χ4n) is 1.20. The van der Waals surface area contributed by atoms with Crippen LogP contribution in [0, 0.1) is 0 Å². The van der Waals surface area contributed by atoms with Crippen molar-refractivity contribution in [2.24, 2.45) is 5.10 Å². The summed E-state index contributed by atoms with van der Waals surface area (Å²) in [5, 5.41) is 4.34. The van der Waals surface area contributed by atoms with Gasteiger partial charge in [0, 0.05) is 11.3 Å². The maximum absolute atomic E-state index is 11.8. The van der Waals surface area contributed by atoms with Crippen molar-refractivity contribution in [1.82, 2.24) is 5.43 Å². The maximum atomic E-state index is 11.8. The predicted octanol–water partition coefficient (Wildman–Crippen LogP) is 3.68. The average Bonchev–Trinajstić information content (AvgIpc) is 2.34. The number of hydrogen-bond donors (Lipinski definition) is 1. The summed E-state index contributed by atoms with van der Waals surface area (Å²) in [6.07, 6.45) is 1.58. The SMILES string of the molecule is C=CCOc1c(Cl)cc(C(=O)NN=C(C)C)cc1Cl. The van der Waals surface area contributed by atoms with Crippen LogP contribution in [0.5, 0.6) is 5.75 Å². The summed E-state index contributed by atoms with van der Waals surface area (Å²) in [6, 6.07) is 2.95. The van der Waals surface area contributed by atoms with Crippen LogP contribution in [0.25, 0.3) is 0 Å². The molecule has 4 nitrogen and oxygen atoms in total. The normalized spacial score (nSPS) is 9.68. The van der Waals surface area contributed by atoms with Crippen molar-refractivity contribution >= 4 is 34.8 Å². The first-order chi connectivity index (χ1) is 8.95. The number of hydrogen-bond acceptors (Lipinski definition) is 3. The maximum Gasteiger partial charge on any atom is 0.271 e. The molecule has 0 radical (unpaired) electrons. The molecule has 1 aromatic carbocycles. The van der Waals surface area contributed by atoms with Crippen molar-refractivity contribution in [2.75, 3.05) is 6.61 Å². The number of carbonyl (C=O) groups is 1. The second-order valence-corrected chi connectivity index (χ2v) is 4.68. The fourth-order valence-corrected chi connectivity index (χ4v) is 1.79. The number of carbonyl (C=O) groups excluding carboxylic acids is 1. The zero-order chi connectivity index (χ0) is 14.4. The number of rotatable bonds is 5. The molecule has 19 heavy (non-hydrogen) atoms. The summed E-state index contributed by atoms with van der Waals surface area (Å²) < 4.78 is 5.31. The molecule has 0 bridgehead atoms. The van der Waals surface area contributed by atoms with Crippen molar-refractivity contribution in [3.63, 3.8) is 0 Å². The summed E-state index contributed by atoms with van der Waals surface area (Å²) in [4.78, 5) is 11.8. The molecule has 1 aromatic rings. The van der Waals surface area contributed by atoms with E-state index in [1.807, 2.05) is 0 Å². The van der Waals surface area contributed by atoms with Gasteiger partial charge in [-0.25, -0.2) is 5.43 Å². The standard InChI is InChI=1S/C13H14Cl2N2O2/c1-4-5-19-12-10(14)6-9(7-11(12)15)13(18)17-16-8(2)3/h4,6-7H,1,5H2,2-3H3,(H,17,18). The van der Waals surface area contributed by atoms with Crippen LogP contribution in [0.2, 0.25) is 10.0 Å². The first kappa shape index (κ1) is 15.5. The molecule has 0 aromatic heterocycles. The van der Waals surface area contributed by atoms with Gasteiger partial charge in [0.1, 0.15) is 6.61 Å². The van der Waals surface area contributed by atoms with Gasteiger partial charge in [0.05, 0.1) is 10.0 Å². The highest BCUT2D eigenvalue weighted by molar-refractivity contribution is 6.37. The average molecular weight is 301 g/mol. The number of benzene rings is 1. The van der Waals surface area contributed by atoms with E-state index in [1.165, 1.54) is 12.1 Å². The number of hydrazone groups is 1. The molecule has 0 atom stereocenters. The van der Waals surface area contributed by atoms with Crippen LogP contribution in [0.15, 0.2) is 29.9 Å². The number of amides is 1. The second-order valence-electron chi connectivity index (χ2n) is 3.87. The van der Waals surface area contributed by atoms with Crippen LogP contribution in [0.3, 0.4) is 0 Å². The second kappa shape index (κ2) is 7.16. The van der Waals surface area contributed by atoms with Gasteiger partial charge in [0.25, 0.3) is 5.91 Å². The third-order valence-electron chi connectivity index (χ3n) is 1.99. The molecule has 102 valence electrons. The van der Waals surface area contributed by atoms with Crippen LogP contribution in [0.1, 0.15) is 24.2 Å². The van der Waals surface area contributed by atoms with Crippen LogP contribution < -0.4 is 10.2 Å². The predicted molar refractivity (Wildman–Crippen MR) is 78.4 cm³/mol. The van der Waals surface area contributed by atoms with Crippen molar-refractivity contribution in [3.8, 4) is 5.75 Å². The van der Waals surface area contributed by atoms with Crippen molar-refractivity contribution in [1.29, 1.82) is 0 Å². The number of nitrogens with one attached hydrogen (secondary N) is 1. The van der Waals surface area contributed by atoms with Crippen LogP contribution in [-0.2, 0) is 0 Å². The van der Waals surface area contributed by atoms with Crippen molar-refractivity contribution in [2.45, 2.75) is 13.8 Å². The Hall–Kier alpha value is -1.52. The van der Waals surface area contributed by atoms with E-state index < -0.39 is 0 Å². The molecule has 0 aliphatic heterocycles. The molecule has 1 amide bonds. The molecule has 0 heterocycles. The van der Waals surface area contributed by atoms with Crippen molar-refractivity contribution in [3.05, 3.63) is 40.4 Å². The number of ether oxygens (including phenoxy) is 1. The Labute approximate surface area is 122 Å². The van der Waals surface area contributed by atoms with Gasteiger partial charge in [-0.15, -0.1) is 0 Å². The van der Waals surface area contributed by atoms with Gasteiger partial charge in [-0.05, 0) is 26.0 Å². The monoisotopic (exact) mass is 300 g/mol. The molecule has 0 spiro atoms. The minimum absolute atomic E-state index is 0.261. The molecule has 0 fully saturated rings. The Morgan fingerprint density at radius 1 is 1.42 bits per heavy atom. The van der Waals surface area contributed by atoms with Gasteiger partial charge in [0.15, 0.2) is 5.75 Å². The lowest BCUT2D eigenvalue weighted by Gasteiger charge is -2.09. The van der Waals surface area contributed by atoms with Gasteiger partial charge in [-0.3, -0.25) is 4.79 Å². The van der Waals surface area contributed by atoms with E-state index in [4.69, 9.17) is 27.9 Å². The van der Waals surface area contributed by atoms with Crippen molar-refractivity contribution < 1.29 is 9.53 Å². The lowest BCUT2D eigenvalue weighted by molar-refractivity contribution is 0.0954. The van der Waals surface area contributed by atoms with Crippen LogP contribution in [-0.4, -0.2) is 18.2 Å². The van der Waals surface area contributed by atoms with E-state index in [2.05, 4.69) is 17.1 Å². The molecular weight excluding hydrogens is 287 g/mol. The third-order valence-corrected chi connectivity index (χ3v) is 2.55. The van der Waals surface area contributed by atoms with E-state index in [-0.39, 0.29) is 22.6 Å². The zero-order valence-electron chi connectivity index (χ0n) is 10.7. The van der Waals surface area contributed by atoms with E-state index in [0.29, 0.717) is 11.3 Å². The Morgan fingerprint density at radius 2 is 2.00 bits per heavy atom. The number of nitrogens with zero attached hydrogens (tertiary/aromatic N) is 1. The van der Waals surface area contributed by atoms with E-state index in [0.717, 1.165) is 5.71 Å². The van der Waals surface area contributed by atoms with Gasteiger partial charge >= 0.3 is 0 Å². The molecule has 6 heteroatoms. The molecule has 1 rings (SSSR count). The molecule has 0 aliphatic carbocycles. The number of halogens is 2. The minimum Gasteiger partial charge on any atom is -0.486 e.